The molecule has 2 heterocycles. The predicted octanol–water partition coefficient (Wildman–Crippen LogP) is 3.36. The highest BCUT2D eigenvalue weighted by molar-refractivity contribution is 9.11. The van der Waals surface area contributed by atoms with Gasteiger partial charge < -0.3 is 9.15 Å². The van der Waals surface area contributed by atoms with Crippen LogP contribution >= 0.6 is 39.0 Å². The van der Waals surface area contributed by atoms with E-state index in [-0.39, 0.29) is 12.5 Å². The Bertz CT molecular complexity index is 541. The van der Waals surface area contributed by atoms with Crippen LogP contribution in [-0.4, -0.2) is 22.8 Å². The van der Waals surface area contributed by atoms with Crippen molar-refractivity contribution in [1.82, 2.24) is 10.2 Å². The molecule has 96 valence electrons. The summed E-state index contributed by atoms with van der Waals surface area (Å²) >= 11 is 6.40. The number of rotatable bonds is 5. The van der Waals surface area contributed by atoms with Gasteiger partial charge >= 0.3 is 11.9 Å². The van der Waals surface area contributed by atoms with Crippen LogP contribution in [0.3, 0.4) is 0 Å². The number of hydrogen-bond acceptors (Lipinski definition) is 7. The van der Waals surface area contributed by atoms with Gasteiger partial charge in [-0.15, -0.1) is 16.4 Å². The Morgan fingerprint density at radius 3 is 3.11 bits per heavy atom. The molecule has 0 aliphatic carbocycles. The number of esters is 1. The normalized spacial score (nSPS) is 10.6. The molecular formula is C10H9BrN2O3S2. The number of halogens is 1. The molecule has 0 radical (unpaired) electrons. The molecule has 0 aliphatic heterocycles. The molecule has 2 aromatic rings. The van der Waals surface area contributed by atoms with Crippen molar-refractivity contribution in [2.75, 3.05) is 6.61 Å². The molecule has 0 aliphatic rings. The number of thioether (sulfide) groups is 1. The summed E-state index contributed by atoms with van der Waals surface area (Å²) in [6.07, 6.45) is 0. The molecule has 0 fully saturated rings. The molecule has 0 bridgehead atoms. The topological polar surface area (TPSA) is 65.2 Å². The summed E-state index contributed by atoms with van der Waals surface area (Å²) in [6, 6.07) is 2.03. The first-order chi connectivity index (χ1) is 8.69. The third-order valence-corrected chi connectivity index (χ3v) is 4.28. The standard InChI is InChI=1S/C10H9BrN2O3S2/c1-2-15-9(14)8-12-13-10(16-8)18-5-6-3-7(11)17-4-6/h3-4H,2,5H2,1H3. The van der Waals surface area contributed by atoms with E-state index in [1.54, 1.807) is 18.3 Å². The van der Waals surface area contributed by atoms with E-state index in [1.807, 2.05) is 11.4 Å². The number of thiophene rings is 1. The van der Waals surface area contributed by atoms with Crippen LogP contribution in [0.15, 0.2) is 24.9 Å². The largest absolute Gasteiger partial charge is 0.459 e. The molecule has 0 aromatic carbocycles. The number of ether oxygens (including phenoxy) is 1. The van der Waals surface area contributed by atoms with Gasteiger partial charge in [-0.25, -0.2) is 4.79 Å². The highest BCUT2D eigenvalue weighted by Crippen LogP contribution is 2.27. The molecule has 18 heavy (non-hydrogen) atoms. The first-order valence-electron chi connectivity index (χ1n) is 5.05. The first kappa shape index (κ1) is 13.6. The fourth-order valence-corrected chi connectivity index (χ4v) is 3.12. The fraction of sp³-hybridized carbons (Fsp3) is 0.300. The van der Waals surface area contributed by atoms with E-state index < -0.39 is 5.97 Å². The second-order valence-corrected chi connectivity index (χ2v) is 6.36. The smallest absolute Gasteiger partial charge is 0.396 e. The van der Waals surface area contributed by atoms with Gasteiger partial charge in [0.1, 0.15) is 0 Å². The zero-order chi connectivity index (χ0) is 13.0. The van der Waals surface area contributed by atoms with Crippen molar-refractivity contribution in [1.29, 1.82) is 0 Å². The molecule has 0 saturated carbocycles. The Labute approximate surface area is 120 Å². The lowest BCUT2D eigenvalue weighted by Gasteiger charge is -1.94. The van der Waals surface area contributed by atoms with Crippen molar-refractivity contribution >= 4 is 45.0 Å². The number of nitrogens with zero attached hydrogens (tertiary/aromatic N) is 2. The van der Waals surface area contributed by atoms with E-state index in [0.29, 0.717) is 11.0 Å². The summed E-state index contributed by atoms with van der Waals surface area (Å²) < 4.78 is 11.0. The number of carbonyl (C=O) groups is 1. The van der Waals surface area contributed by atoms with E-state index in [0.717, 1.165) is 9.35 Å². The molecule has 0 atom stereocenters. The van der Waals surface area contributed by atoms with Gasteiger partial charge in [0, 0.05) is 5.75 Å². The highest BCUT2D eigenvalue weighted by Gasteiger charge is 2.16. The number of carbonyl (C=O) groups excluding carboxylic acids is 1. The molecule has 0 spiro atoms. The third kappa shape index (κ3) is 3.56. The molecule has 0 unspecified atom stereocenters. The summed E-state index contributed by atoms with van der Waals surface area (Å²) in [7, 11) is 0. The molecule has 5 nitrogen and oxygen atoms in total. The van der Waals surface area contributed by atoms with Crippen LogP contribution in [0.25, 0.3) is 0 Å². The van der Waals surface area contributed by atoms with Crippen molar-refractivity contribution in [2.24, 2.45) is 0 Å². The Morgan fingerprint density at radius 1 is 1.61 bits per heavy atom. The van der Waals surface area contributed by atoms with Gasteiger partial charge in [0.05, 0.1) is 10.4 Å². The minimum atomic E-state index is -0.588. The van der Waals surface area contributed by atoms with Crippen LogP contribution < -0.4 is 0 Å². The quantitative estimate of drug-likeness (QED) is 0.609. The van der Waals surface area contributed by atoms with Crippen LogP contribution in [0.1, 0.15) is 23.2 Å². The molecule has 8 heteroatoms. The van der Waals surface area contributed by atoms with Crippen molar-refractivity contribution < 1.29 is 13.9 Å². The van der Waals surface area contributed by atoms with Crippen LogP contribution in [0.4, 0.5) is 0 Å². The SMILES string of the molecule is CCOC(=O)c1nnc(SCc2csc(Br)c2)o1. The number of hydrogen-bond donors (Lipinski definition) is 0. The molecule has 0 N–H and O–H groups in total. The average Bonchev–Trinajstić information content (AvgIpc) is 2.95. The van der Waals surface area contributed by atoms with Gasteiger partial charge in [0.25, 0.3) is 5.22 Å². The van der Waals surface area contributed by atoms with E-state index in [1.165, 1.54) is 11.8 Å². The lowest BCUT2D eigenvalue weighted by Crippen LogP contribution is -2.04. The van der Waals surface area contributed by atoms with Gasteiger partial charge in [0.15, 0.2) is 0 Å². The van der Waals surface area contributed by atoms with Crippen molar-refractivity contribution in [3.63, 3.8) is 0 Å². The summed E-state index contributed by atoms with van der Waals surface area (Å²) in [6.45, 7) is 2.00. The van der Waals surface area contributed by atoms with E-state index >= 15 is 0 Å². The predicted molar refractivity (Wildman–Crippen MR) is 71.8 cm³/mol. The average molecular weight is 349 g/mol. The minimum absolute atomic E-state index is 0.106. The van der Waals surface area contributed by atoms with Crippen molar-refractivity contribution in [3.8, 4) is 0 Å². The monoisotopic (exact) mass is 348 g/mol. The van der Waals surface area contributed by atoms with Gasteiger partial charge in [0.2, 0.25) is 0 Å². The maximum atomic E-state index is 11.3. The van der Waals surface area contributed by atoms with Crippen LogP contribution in [0.5, 0.6) is 0 Å². The van der Waals surface area contributed by atoms with E-state index in [9.17, 15) is 4.79 Å². The first-order valence-corrected chi connectivity index (χ1v) is 7.71. The Balaban J connectivity index is 1.92. The van der Waals surface area contributed by atoms with Crippen LogP contribution in [-0.2, 0) is 10.5 Å². The summed E-state index contributed by atoms with van der Waals surface area (Å²) in [5.74, 6) is 0.0213. The maximum Gasteiger partial charge on any atom is 0.396 e. The van der Waals surface area contributed by atoms with Gasteiger partial charge in [-0.05, 0) is 39.9 Å². The summed E-state index contributed by atoms with van der Waals surface area (Å²) in [5, 5.41) is 9.81. The molecular weight excluding hydrogens is 340 g/mol. The van der Waals surface area contributed by atoms with E-state index in [4.69, 9.17) is 9.15 Å². The lowest BCUT2D eigenvalue weighted by atomic mass is 10.4. The summed E-state index contributed by atoms with van der Waals surface area (Å²) in [4.78, 5) is 11.3. The van der Waals surface area contributed by atoms with Crippen molar-refractivity contribution in [3.05, 3.63) is 26.7 Å². The van der Waals surface area contributed by atoms with Gasteiger partial charge in [-0.3, -0.25) is 0 Å². The Morgan fingerprint density at radius 2 is 2.44 bits per heavy atom. The highest BCUT2D eigenvalue weighted by atomic mass is 79.9. The second kappa shape index (κ2) is 6.35. The lowest BCUT2D eigenvalue weighted by molar-refractivity contribution is 0.0475. The maximum absolute atomic E-state index is 11.3. The van der Waals surface area contributed by atoms with E-state index in [2.05, 4.69) is 26.1 Å². The molecule has 2 rings (SSSR count). The Hall–Kier alpha value is -0.860. The summed E-state index contributed by atoms with van der Waals surface area (Å²) in [5.41, 5.74) is 1.16. The minimum Gasteiger partial charge on any atom is -0.459 e. The van der Waals surface area contributed by atoms with Crippen LogP contribution in [0.2, 0.25) is 0 Å². The van der Waals surface area contributed by atoms with Gasteiger partial charge in [-0.1, -0.05) is 16.9 Å². The zero-order valence-corrected chi connectivity index (χ0v) is 12.6. The van der Waals surface area contributed by atoms with Gasteiger partial charge in [-0.2, -0.15) is 0 Å². The Kier molecular flexibility index (Phi) is 4.79. The molecule has 2 aromatic heterocycles. The number of aromatic nitrogens is 2. The van der Waals surface area contributed by atoms with Crippen molar-refractivity contribution in [2.45, 2.75) is 17.9 Å². The third-order valence-electron chi connectivity index (χ3n) is 1.84. The van der Waals surface area contributed by atoms with Crippen LogP contribution in [0, 0.1) is 0 Å². The second-order valence-electron chi connectivity index (χ2n) is 3.14. The zero-order valence-electron chi connectivity index (χ0n) is 9.38. The molecule has 0 amide bonds. The molecule has 0 saturated heterocycles. The fourth-order valence-electron chi connectivity index (χ4n) is 1.11.